The Kier molecular flexibility index (Phi) is 5.45. The molecule has 0 spiro atoms. The summed E-state index contributed by atoms with van der Waals surface area (Å²) in [5, 5.41) is 13.1. The maximum atomic E-state index is 12.4. The molecule has 1 rings (SSSR count). The molecule has 0 radical (unpaired) electrons. The molecular formula is C16H32N2O3. The van der Waals surface area contributed by atoms with Crippen LogP contribution in [0.1, 0.15) is 54.4 Å². The molecule has 1 aliphatic carbocycles. The van der Waals surface area contributed by atoms with Crippen LogP contribution in [0.15, 0.2) is 0 Å². The first-order valence-electron chi connectivity index (χ1n) is 7.87. The summed E-state index contributed by atoms with van der Waals surface area (Å²) in [4.78, 5) is 12.4. The zero-order valence-electron chi connectivity index (χ0n) is 14.3. The number of nitrogens with one attached hydrogen (secondary N) is 1. The molecule has 0 bridgehead atoms. The Bertz CT molecular complexity index is 380. The zero-order chi connectivity index (χ0) is 16.5. The molecule has 5 heteroatoms. The number of aliphatic hydroxyl groups is 1. The summed E-state index contributed by atoms with van der Waals surface area (Å²) in [5.41, 5.74) is 4.06. The number of carbonyl (C=O) groups is 1. The van der Waals surface area contributed by atoms with Gasteiger partial charge in [-0.15, -0.1) is 0 Å². The SMILES string of the molecule is CCOC1CC(N)(C(=O)NCC(C)(O)CC(C)C)C1(C)C. The predicted molar refractivity (Wildman–Crippen MR) is 83.8 cm³/mol. The van der Waals surface area contributed by atoms with E-state index in [0.717, 1.165) is 0 Å². The van der Waals surface area contributed by atoms with Gasteiger partial charge in [0.1, 0.15) is 5.54 Å². The van der Waals surface area contributed by atoms with E-state index < -0.39 is 16.6 Å². The van der Waals surface area contributed by atoms with Gasteiger partial charge in [-0.25, -0.2) is 0 Å². The van der Waals surface area contributed by atoms with Crippen LogP contribution in [0, 0.1) is 11.3 Å². The van der Waals surface area contributed by atoms with Gasteiger partial charge in [-0.3, -0.25) is 4.79 Å². The molecule has 0 aromatic rings. The van der Waals surface area contributed by atoms with Crippen LogP contribution in [0.2, 0.25) is 0 Å². The quantitative estimate of drug-likeness (QED) is 0.664. The second kappa shape index (κ2) is 6.23. The zero-order valence-corrected chi connectivity index (χ0v) is 14.3. The number of amides is 1. The Morgan fingerprint density at radius 3 is 2.52 bits per heavy atom. The van der Waals surface area contributed by atoms with Crippen molar-refractivity contribution in [1.29, 1.82) is 0 Å². The summed E-state index contributed by atoms with van der Waals surface area (Å²) in [6.45, 7) is 12.5. The van der Waals surface area contributed by atoms with Crippen molar-refractivity contribution < 1.29 is 14.6 Å². The van der Waals surface area contributed by atoms with Crippen LogP contribution in [-0.4, -0.2) is 41.4 Å². The van der Waals surface area contributed by atoms with Gasteiger partial charge in [-0.05, 0) is 26.2 Å². The third kappa shape index (κ3) is 3.76. The van der Waals surface area contributed by atoms with Gasteiger partial charge in [-0.2, -0.15) is 0 Å². The van der Waals surface area contributed by atoms with E-state index in [1.165, 1.54) is 0 Å². The van der Waals surface area contributed by atoms with E-state index in [1.807, 2.05) is 34.6 Å². The molecule has 0 heterocycles. The minimum atomic E-state index is -0.930. The minimum absolute atomic E-state index is 0.00873. The van der Waals surface area contributed by atoms with Crippen LogP contribution < -0.4 is 11.1 Å². The lowest BCUT2D eigenvalue weighted by Crippen LogP contribution is -2.76. The van der Waals surface area contributed by atoms with E-state index in [0.29, 0.717) is 25.4 Å². The highest BCUT2D eigenvalue weighted by molar-refractivity contribution is 5.88. The smallest absolute Gasteiger partial charge is 0.240 e. The third-order valence-electron chi connectivity index (χ3n) is 4.71. The third-order valence-corrected chi connectivity index (χ3v) is 4.71. The Morgan fingerprint density at radius 1 is 1.52 bits per heavy atom. The average molecular weight is 300 g/mol. The second-order valence-corrected chi connectivity index (χ2v) is 7.62. The summed E-state index contributed by atoms with van der Waals surface area (Å²) in [6.07, 6.45) is 1.16. The van der Waals surface area contributed by atoms with Crippen molar-refractivity contribution in [2.24, 2.45) is 17.1 Å². The maximum Gasteiger partial charge on any atom is 0.240 e. The van der Waals surface area contributed by atoms with Crippen molar-refractivity contribution >= 4 is 5.91 Å². The lowest BCUT2D eigenvalue weighted by Gasteiger charge is -2.57. The number of rotatable bonds is 7. The topological polar surface area (TPSA) is 84.6 Å². The van der Waals surface area contributed by atoms with Gasteiger partial charge in [0, 0.05) is 25.0 Å². The van der Waals surface area contributed by atoms with Gasteiger partial charge in [0.25, 0.3) is 0 Å². The van der Waals surface area contributed by atoms with Crippen LogP contribution >= 0.6 is 0 Å². The van der Waals surface area contributed by atoms with Gasteiger partial charge >= 0.3 is 0 Å². The van der Waals surface area contributed by atoms with E-state index in [1.54, 1.807) is 6.92 Å². The molecule has 3 unspecified atom stereocenters. The van der Waals surface area contributed by atoms with E-state index in [2.05, 4.69) is 5.32 Å². The average Bonchev–Trinajstić information content (AvgIpc) is 2.34. The van der Waals surface area contributed by atoms with E-state index in [9.17, 15) is 9.90 Å². The van der Waals surface area contributed by atoms with Crippen molar-refractivity contribution in [3.63, 3.8) is 0 Å². The highest BCUT2D eigenvalue weighted by Gasteiger charge is 2.62. The normalized spacial score (nSPS) is 30.6. The van der Waals surface area contributed by atoms with Gasteiger partial charge in [0.15, 0.2) is 0 Å². The first-order valence-corrected chi connectivity index (χ1v) is 7.87. The molecule has 0 aromatic carbocycles. The molecule has 1 aliphatic rings. The molecule has 0 saturated heterocycles. The number of nitrogens with two attached hydrogens (primary N) is 1. The van der Waals surface area contributed by atoms with Crippen LogP contribution in [-0.2, 0) is 9.53 Å². The van der Waals surface area contributed by atoms with Gasteiger partial charge in [0.2, 0.25) is 5.91 Å². The molecular weight excluding hydrogens is 268 g/mol. The number of hydrogen-bond donors (Lipinski definition) is 3. The van der Waals surface area contributed by atoms with Crippen LogP contribution in [0.4, 0.5) is 0 Å². The number of hydrogen-bond acceptors (Lipinski definition) is 4. The summed E-state index contributed by atoms with van der Waals surface area (Å²) < 4.78 is 5.63. The van der Waals surface area contributed by atoms with Crippen LogP contribution in [0.25, 0.3) is 0 Å². The predicted octanol–water partition coefficient (Wildman–Crippen LogP) is 1.43. The molecule has 1 amide bonds. The summed E-state index contributed by atoms with van der Waals surface area (Å²) >= 11 is 0. The number of ether oxygens (including phenoxy) is 1. The van der Waals surface area contributed by atoms with Crippen molar-refractivity contribution in [3.8, 4) is 0 Å². The van der Waals surface area contributed by atoms with Gasteiger partial charge in [0.05, 0.1) is 11.7 Å². The Balaban J connectivity index is 2.61. The molecule has 3 atom stereocenters. The number of carbonyl (C=O) groups excluding carboxylic acids is 1. The molecule has 4 N–H and O–H groups in total. The fourth-order valence-corrected chi connectivity index (χ4v) is 3.20. The molecule has 0 aromatic heterocycles. The largest absolute Gasteiger partial charge is 0.388 e. The fourth-order valence-electron chi connectivity index (χ4n) is 3.20. The molecule has 1 fully saturated rings. The second-order valence-electron chi connectivity index (χ2n) is 7.62. The fraction of sp³-hybridized carbons (Fsp3) is 0.938. The van der Waals surface area contributed by atoms with Crippen molar-refractivity contribution in [3.05, 3.63) is 0 Å². The van der Waals surface area contributed by atoms with E-state index in [-0.39, 0.29) is 18.6 Å². The van der Waals surface area contributed by atoms with Crippen molar-refractivity contribution in [2.75, 3.05) is 13.2 Å². The summed E-state index contributed by atoms with van der Waals surface area (Å²) in [6, 6.07) is 0. The van der Waals surface area contributed by atoms with Crippen molar-refractivity contribution in [2.45, 2.75) is 71.6 Å². The molecule has 0 aliphatic heterocycles. The highest BCUT2D eigenvalue weighted by atomic mass is 16.5. The molecule has 5 nitrogen and oxygen atoms in total. The Labute approximate surface area is 128 Å². The van der Waals surface area contributed by atoms with Crippen LogP contribution in [0.5, 0.6) is 0 Å². The lowest BCUT2D eigenvalue weighted by atomic mass is 9.54. The molecule has 1 saturated carbocycles. The summed E-state index contributed by atoms with van der Waals surface area (Å²) in [5.74, 6) is 0.165. The van der Waals surface area contributed by atoms with Gasteiger partial charge < -0.3 is 20.9 Å². The van der Waals surface area contributed by atoms with Crippen molar-refractivity contribution in [1.82, 2.24) is 5.32 Å². The summed E-state index contributed by atoms with van der Waals surface area (Å²) in [7, 11) is 0. The standard InChI is InChI=1S/C16H32N2O3/c1-7-21-12-9-16(17,14(12,4)5)13(19)18-10-15(6,20)8-11(2)3/h11-12,20H,7-10,17H2,1-6H3,(H,18,19). The Morgan fingerprint density at radius 2 is 2.10 bits per heavy atom. The monoisotopic (exact) mass is 300 g/mol. The molecule has 21 heavy (non-hydrogen) atoms. The first-order chi connectivity index (χ1) is 9.46. The first kappa shape index (κ1) is 18.4. The van der Waals surface area contributed by atoms with Gasteiger partial charge in [-0.1, -0.05) is 27.7 Å². The molecule has 124 valence electrons. The maximum absolute atomic E-state index is 12.4. The van der Waals surface area contributed by atoms with Crippen LogP contribution in [0.3, 0.4) is 0 Å². The van der Waals surface area contributed by atoms with E-state index in [4.69, 9.17) is 10.5 Å². The lowest BCUT2D eigenvalue weighted by molar-refractivity contribution is -0.171. The van der Waals surface area contributed by atoms with E-state index >= 15 is 0 Å². The minimum Gasteiger partial charge on any atom is -0.388 e. The Hall–Kier alpha value is -0.650. The highest BCUT2D eigenvalue weighted by Crippen LogP contribution is 2.49.